The first-order valence-electron chi connectivity index (χ1n) is 4.05. The van der Waals surface area contributed by atoms with Crippen LogP contribution in [0.15, 0.2) is 21.1 Å². The largest absolute Gasteiger partial charge is 0.481 e. The fourth-order valence-electron chi connectivity index (χ4n) is 1.10. The average molecular weight is 360 g/mol. The quantitative estimate of drug-likeness (QED) is 0.895. The molecule has 0 atom stereocenters. The summed E-state index contributed by atoms with van der Waals surface area (Å²) in [6.07, 6.45) is -0.401. The van der Waals surface area contributed by atoms with E-state index in [1.54, 1.807) is 0 Å². The number of alkyl halides is 2. The topological polar surface area (TPSA) is 46.5 Å². The Morgan fingerprint density at radius 3 is 2.56 bits per heavy atom. The number of aliphatic carboxylic acids is 1. The number of carboxylic acids is 1. The van der Waals surface area contributed by atoms with E-state index in [1.807, 2.05) is 0 Å². The van der Waals surface area contributed by atoms with Crippen LogP contribution in [-0.4, -0.2) is 17.7 Å². The van der Waals surface area contributed by atoms with Gasteiger partial charge < -0.3 is 9.84 Å². The Bertz CT molecular complexity index is 410. The minimum Gasteiger partial charge on any atom is -0.481 e. The van der Waals surface area contributed by atoms with Gasteiger partial charge in [-0.1, -0.05) is 0 Å². The lowest BCUT2D eigenvalue weighted by Gasteiger charge is -2.12. The van der Waals surface area contributed by atoms with Crippen LogP contribution in [0, 0.1) is 0 Å². The van der Waals surface area contributed by atoms with Crippen LogP contribution < -0.4 is 4.74 Å². The van der Waals surface area contributed by atoms with Crippen LogP contribution in [-0.2, 0) is 11.2 Å². The Balaban J connectivity index is 3.15. The lowest BCUT2D eigenvalue weighted by molar-refractivity contribution is -0.136. The van der Waals surface area contributed by atoms with Gasteiger partial charge in [-0.25, -0.2) is 0 Å². The molecule has 88 valence electrons. The van der Waals surface area contributed by atoms with Crippen molar-refractivity contribution in [3.8, 4) is 5.75 Å². The Labute approximate surface area is 107 Å². The van der Waals surface area contributed by atoms with E-state index in [1.165, 1.54) is 12.1 Å². The van der Waals surface area contributed by atoms with E-state index in [-0.39, 0.29) is 11.3 Å². The number of rotatable bonds is 4. The normalized spacial score (nSPS) is 10.6. The molecule has 0 aliphatic heterocycles. The second kappa shape index (κ2) is 5.58. The molecule has 0 radical (unpaired) electrons. The molecule has 0 spiro atoms. The van der Waals surface area contributed by atoms with Crippen LogP contribution in [0.2, 0.25) is 0 Å². The van der Waals surface area contributed by atoms with Crippen molar-refractivity contribution in [2.24, 2.45) is 0 Å². The van der Waals surface area contributed by atoms with Crippen LogP contribution in [0.3, 0.4) is 0 Å². The Morgan fingerprint density at radius 1 is 1.44 bits per heavy atom. The predicted molar refractivity (Wildman–Crippen MR) is 59.8 cm³/mol. The number of benzene rings is 1. The highest BCUT2D eigenvalue weighted by molar-refractivity contribution is 9.13. The number of carbonyl (C=O) groups is 1. The van der Waals surface area contributed by atoms with Gasteiger partial charge >= 0.3 is 12.6 Å². The Morgan fingerprint density at radius 2 is 2.06 bits per heavy atom. The van der Waals surface area contributed by atoms with Gasteiger partial charge in [-0.2, -0.15) is 8.78 Å². The highest BCUT2D eigenvalue weighted by Gasteiger charge is 2.17. The van der Waals surface area contributed by atoms with Gasteiger partial charge in [0.2, 0.25) is 0 Å². The second-order valence-corrected chi connectivity index (χ2v) is 4.43. The predicted octanol–water partition coefficient (Wildman–Crippen LogP) is 3.44. The highest BCUT2D eigenvalue weighted by atomic mass is 79.9. The molecule has 0 saturated carbocycles. The number of ether oxygens (including phenoxy) is 1. The van der Waals surface area contributed by atoms with Crippen LogP contribution in [0.5, 0.6) is 5.75 Å². The van der Waals surface area contributed by atoms with E-state index >= 15 is 0 Å². The van der Waals surface area contributed by atoms with Gasteiger partial charge in [0.25, 0.3) is 0 Å². The molecule has 1 aromatic carbocycles. The zero-order chi connectivity index (χ0) is 12.3. The Hall–Kier alpha value is -0.690. The van der Waals surface area contributed by atoms with Crippen molar-refractivity contribution in [3.63, 3.8) is 0 Å². The van der Waals surface area contributed by atoms with E-state index in [0.717, 1.165) is 0 Å². The zero-order valence-electron chi connectivity index (χ0n) is 7.71. The molecule has 0 aliphatic carbocycles. The molecule has 0 bridgehead atoms. The first-order valence-corrected chi connectivity index (χ1v) is 5.64. The van der Waals surface area contributed by atoms with Gasteiger partial charge in [-0.15, -0.1) is 0 Å². The molecule has 0 unspecified atom stereocenters. The lowest BCUT2D eigenvalue weighted by atomic mass is 10.1. The van der Waals surface area contributed by atoms with E-state index in [2.05, 4.69) is 36.6 Å². The van der Waals surface area contributed by atoms with Crippen molar-refractivity contribution in [1.29, 1.82) is 0 Å². The standard InChI is InChI=1S/C9H6Br2F2O3/c10-5-1-2-6(16-9(12)13)4(8(5)11)3-7(14)15/h1-2,9H,3H2,(H,14,15). The average Bonchev–Trinajstić information content (AvgIpc) is 2.16. The third-order valence-electron chi connectivity index (χ3n) is 1.70. The maximum atomic E-state index is 12.1. The molecular formula is C9H6Br2F2O3. The lowest BCUT2D eigenvalue weighted by Crippen LogP contribution is -2.08. The van der Waals surface area contributed by atoms with E-state index in [4.69, 9.17) is 5.11 Å². The van der Waals surface area contributed by atoms with E-state index in [0.29, 0.717) is 8.95 Å². The van der Waals surface area contributed by atoms with Crippen molar-refractivity contribution in [2.45, 2.75) is 13.0 Å². The van der Waals surface area contributed by atoms with Crippen molar-refractivity contribution in [1.82, 2.24) is 0 Å². The van der Waals surface area contributed by atoms with Crippen LogP contribution in [0.1, 0.15) is 5.56 Å². The van der Waals surface area contributed by atoms with Crippen molar-refractivity contribution < 1.29 is 23.4 Å². The number of hydrogen-bond donors (Lipinski definition) is 1. The minimum absolute atomic E-state index is 0.146. The summed E-state index contributed by atoms with van der Waals surface area (Å²) in [6, 6.07) is 2.78. The number of hydrogen-bond acceptors (Lipinski definition) is 2. The summed E-state index contributed by atoms with van der Waals surface area (Å²) >= 11 is 6.27. The van der Waals surface area contributed by atoms with Crippen molar-refractivity contribution in [3.05, 3.63) is 26.6 Å². The summed E-state index contributed by atoms with van der Waals surface area (Å²) in [5.41, 5.74) is 0.169. The maximum absolute atomic E-state index is 12.1. The highest BCUT2D eigenvalue weighted by Crippen LogP contribution is 2.34. The third-order valence-corrected chi connectivity index (χ3v) is 3.80. The molecule has 1 rings (SSSR count). The molecule has 0 aliphatic rings. The summed E-state index contributed by atoms with van der Waals surface area (Å²) in [4.78, 5) is 10.6. The number of carboxylic acid groups (broad SMARTS) is 1. The molecule has 7 heteroatoms. The smallest absolute Gasteiger partial charge is 0.387 e. The maximum Gasteiger partial charge on any atom is 0.387 e. The van der Waals surface area contributed by atoms with Gasteiger partial charge in [-0.05, 0) is 44.0 Å². The molecule has 0 heterocycles. The summed E-state index contributed by atoms with van der Waals surface area (Å²) in [6.45, 7) is -2.99. The summed E-state index contributed by atoms with van der Waals surface area (Å²) in [7, 11) is 0. The molecule has 0 fully saturated rings. The van der Waals surface area contributed by atoms with Gasteiger partial charge in [0.1, 0.15) is 5.75 Å². The second-order valence-electron chi connectivity index (χ2n) is 2.79. The first kappa shape index (κ1) is 13.4. The van der Waals surface area contributed by atoms with E-state index < -0.39 is 19.0 Å². The molecule has 0 saturated heterocycles. The van der Waals surface area contributed by atoms with Crippen LogP contribution in [0.25, 0.3) is 0 Å². The SMILES string of the molecule is O=C(O)Cc1c(OC(F)F)ccc(Br)c1Br. The molecule has 0 aromatic heterocycles. The molecule has 1 aromatic rings. The zero-order valence-corrected chi connectivity index (χ0v) is 10.9. The summed E-state index contributed by atoms with van der Waals surface area (Å²) in [5.74, 6) is -1.27. The number of halogens is 4. The summed E-state index contributed by atoms with van der Waals surface area (Å²) in [5, 5.41) is 8.66. The fourth-order valence-corrected chi connectivity index (χ4v) is 1.94. The fraction of sp³-hybridized carbons (Fsp3) is 0.222. The molecular weight excluding hydrogens is 354 g/mol. The van der Waals surface area contributed by atoms with E-state index in [9.17, 15) is 13.6 Å². The van der Waals surface area contributed by atoms with Crippen molar-refractivity contribution >= 4 is 37.8 Å². The van der Waals surface area contributed by atoms with Gasteiger partial charge in [0, 0.05) is 14.5 Å². The van der Waals surface area contributed by atoms with Gasteiger partial charge in [0.15, 0.2) is 0 Å². The molecule has 0 amide bonds. The molecule has 1 N–H and O–H groups in total. The monoisotopic (exact) mass is 358 g/mol. The summed E-state index contributed by atoms with van der Waals surface area (Å²) < 4.78 is 29.4. The van der Waals surface area contributed by atoms with Gasteiger partial charge in [0.05, 0.1) is 6.42 Å². The first-order chi connectivity index (χ1) is 7.41. The molecule has 16 heavy (non-hydrogen) atoms. The Kier molecular flexibility index (Phi) is 4.67. The van der Waals surface area contributed by atoms with Crippen LogP contribution in [0.4, 0.5) is 8.78 Å². The third kappa shape index (κ3) is 3.41. The minimum atomic E-state index is -2.99. The van der Waals surface area contributed by atoms with Crippen LogP contribution >= 0.6 is 31.9 Å². The van der Waals surface area contributed by atoms with Gasteiger partial charge in [-0.3, -0.25) is 4.79 Å². The molecule has 3 nitrogen and oxygen atoms in total. The van der Waals surface area contributed by atoms with Crippen molar-refractivity contribution in [2.75, 3.05) is 0 Å².